The predicted molar refractivity (Wildman–Crippen MR) is 52.7 cm³/mol. The fourth-order valence-corrected chi connectivity index (χ4v) is 1.86. The highest BCUT2D eigenvalue weighted by atomic mass is 16.5. The summed E-state index contributed by atoms with van der Waals surface area (Å²) >= 11 is 0. The Hall–Kier alpha value is -0.120. The normalized spacial score (nSPS) is 18.9. The largest absolute Gasteiger partial charge is 0.395 e. The maximum Gasteiger partial charge on any atom is 0.0558 e. The first-order valence-electron chi connectivity index (χ1n) is 5.19. The molecule has 1 aliphatic rings. The van der Waals surface area contributed by atoms with Crippen molar-refractivity contribution in [2.24, 2.45) is 5.92 Å². The SMILES string of the molecule is COCCCCC1CN(CCO)C1. The lowest BCUT2D eigenvalue weighted by Crippen LogP contribution is -2.47. The molecule has 0 aromatic rings. The van der Waals surface area contributed by atoms with Gasteiger partial charge in [0.2, 0.25) is 0 Å². The summed E-state index contributed by atoms with van der Waals surface area (Å²) in [6.45, 7) is 4.43. The van der Waals surface area contributed by atoms with Gasteiger partial charge in [-0.3, -0.25) is 0 Å². The van der Waals surface area contributed by atoms with Crippen LogP contribution in [0, 0.1) is 5.92 Å². The van der Waals surface area contributed by atoms with Crippen molar-refractivity contribution in [3.63, 3.8) is 0 Å². The van der Waals surface area contributed by atoms with Crippen LogP contribution in [0.15, 0.2) is 0 Å². The van der Waals surface area contributed by atoms with Crippen molar-refractivity contribution in [1.29, 1.82) is 0 Å². The van der Waals surface area contributed by atoms with Gasteiger partial charge in [0.1, 0.15) is 0 Å². The van der Waals surface area contributed by atoms with Gasteiger partial charge in [-0.15, -0.1) is 0 Å². The molecule has 0 aromatic carbocycles. The zero-order valence-corrected chi connectivity index (χ0v) is 8.54. The first-order valence-corrected chi connectivity index (χ1v) is 5.19. The summed E-state index contributed by atoms with van der Waals surface area (Å²) in [4.78, 5) is 2.31. The minimum absolute atomic E-state index is 0.302. The second-order valence-electron chi connectivity index (χ2n) is 3.84. The Morgan fingerprint density at radius 3 is 2.77 bits per heavy atom. The van der Waals surface area contributed by atoms with E-state index in [1.54, 1.807) is 7.11 Å². The van der Waals surface area contributed by atoms with Crippen LogP contribution in [-0.2, 0) is 4.74 Å². The van der Waals surface area contributed by atoms with E-state index in [0.29, 0.717) is 6.61 Å². The average molecular weight is 187 g/mol. The number of methoxy groups -OCH3 is 1. The zero-order valence-electron chi connectivity index (χ0n) is 8.54. The summed E-state index contributed by atoms with van der Waals surface area (Å²) in [6, 6.07) is 0. The van der Waals surface area contributed by atoms with Crippen molar-refractivity contribution in [3.05, 3.63) is 0 Å². The minimum Gasteiger partial charge on any atom is -0.395 e. The lowest BCUT2D eigenvalue weighted by atomic mass is 9.94. The van der Waals surface area contributed by atoms with E-state index in [9.17, 15) is 0 Å². The maximum atomic E-state index is 8.68. The summed E-state index contributed by atoms with van der Waals surface area (Å²) in [5, 5.41) is 8.68. The second kappa shape index (κ2) is 6.35. The van der Waals surface area contributed by atoms with Crippen molar-refractivity contribution in [3.8, 4) is 0 Å². The topological polar surface area (TPSA) is 32.7 Å². The lowest BCUT2D eigenvalue weighted by molar-refractivity contribution is 0.0702. The molecular weight excluding hydrogens is 166 g/mol. The lowest BCUT2D eigenvalue weighted by Gasteiger charge is -2.39. The Kier molecular flexibility index (Phi) is 5.35. The molecule has 1 fully saturated rings. The molecule has 0 aromatic heterocycles. The van der Waals surface area contributed by atoms with Gasteiger partial charge in [-0.2, -0.15) is 0 Å². The highest BCUT2D eigenvalue weighted by Gasteiger charge is 2.24. The molecule has 78 valence electrons. The number of aliphatic hydroxyl groups is 1. The molecule has 0 unspecified atom stereocenters. The van der Waals surface area contributed by atoms with Crippen molar-refractivity contribution < 1.29 is 9.84 Å². The molecule has 1 rings (SSSR count). The Labute approximate surface area is 80.7 Å². The quantitative estimate of drug-likeness (QED) is 0.596. The van der Waals surface area contributed by atoms with Crippen molar-refractivity contribution in [2.75, 3.05) is 40.0 Å². The van der Waals surface area contributed by atoms with Gasteiger partial charge >= 0.3 is 0 Å². The number of aliphatic hydroxyl groups excluding tert-OH is 1. The third-order valence-electron chi connectivity index (χ3n) is 2.66. The Morgan fingerprint density at radius 2 is 2.15 bits per heavy atom. The fourth-order valence-electron chi connectivity index (χ4n) is 1.86. The average Bonchev–Trinajstić information content (AvgIpc) is 2.07. The molecule has 0 amide bonds. The number of likely N-dealkylation sites (tertiary alicyclic amines) is 1. The third kappa shape index (κ3) is 4.07. The Balaban J connectivity index is 1.84. The van der Waals surface area contributed by atoms with E-state index in [-0.39, 0.29) is 0 Å². The molecule has 1 saturated heterocycles. The van der Waals surface area contributed by atoms with Crippen LogP contribution in [-0.4, -0.2) is 50.0 Å². The number of β-amino-alcohol motifs (C(OH)–C–C–N with tert-alkyl or cyclic N) is 1. The molecule has 3 heteroatoms. The summed E-state index contributed by atoms with van der Waals surface area (Å²) in [5.74, 6) is 0.878. The van der Waals surface area contributed by atoms with Gasteiger partial charge in [0.25, 0.3) is 0 Å². The van der Waals surface area contributed by atoms with Crippen LogP contribution in [0.2, 0.25) is 0 Å². The monoisotopic (exact) mass is 187 g/mol. The fraction of sp³-hybridized carbons (Fsp3) is 1.00. The number of nitrogens with zero attached hydrogens (tertiary/aromatic N) is 1. The Bertz CT molecular complexity index is 124. The molecular formula is C10H21NO2. The molecule has 1 N–H and O–H groups in total. The van der Waals surface area contributed by atoms with Gasteiger partial charge in [-0.1, -0.05) is 6.42 Å². The van der Waals surface area contributed by atoms with Gasteiger partial charge in [-0.05, 0) is 18.8 Å². The zero-order chi connectivity index (χ0) is 9.52. The van der Waals surface area contributed by atoms with Gasteiger partial charge < -0.3 is 14.7 Å². The maximum absolute atomic E-state index is 8.68. The first-order chi connectivity index (χ1) is 6.36. The molecule has 3 nitrogen and oxygen atoms in total. The van der Waals surface area contributed by atoms with Crippen molar-refractivity contribution in [2.45, 2.75) is 19.3 Å². The molecule has 1 heterocycles. The Morgan fingerprint density at radius 1 is 1.38 bits per heavy atom. The summed E-state index contributed by atoms with van der Waals surface area (Å²) in [6.07, 6.45) is 3.80. The molecule has 0 atom stereocenters. The number of hydrogen-bond donors (Lipinski definition) is 1. The highest BCUT2D eigenvalue weighted by Crippen LogP contribution is 2.20. The molecule has 1 aliphatic heterocycles. The van der Waals surface area contributed by atoms with E-state index in [2.05, 4.69) is 4.90 Å². The number of rotatable bonds is 7. The summed E-state index contributed by atoms with van der Waals surface area (Å²) in [5.41, 5.74) is 0. The predicted octanol–water partition coefficient (Wildman–Crippen LogP) is 0.727. The van der Waals surface area contributed by atoms with E-state index in [4.69, 9.17) is 9.84 Å². The van der Waals surface area contributed by atoms with Crippen molar-refractivity contribution >= 4 is 0 Å². The summed E-state index contributed by atoms with van der Waals surface area (Å²) < 4.78 is 4.99. The summed E-state index contributed by atoms with van der Waals surface area (Å²) in [7, 11) is 1.76. The van der Waals surface area contributed by atoms with Gasteiger partial charge in [0, 0.05) is 33.4 Å². The van der Waals surface area contributed by atoms with Crippen LogP contribution < -0.4 is 0 Å². The van der Waals surface area contributed by atoms with Gasteiger partial charge in [-0.25, -0.2) is 0 Å². The molecule has 0 spiro atoms. The third-order valence-corrected chi connectivity index (χ3v) is 2.66. The molecule has 0 bridgehead atoms. The van der Waals surface area contributed by atoms with E-state index in [1.165, 1.54) is 32.4 Å². The van der Waals surface area contributed by atoms with Gasteiger partial charge in [0.15, 0.2) is 0 Å². The standard InChI is InChI=1S/C10H21NO2/c1-13-7-3-2-4-10-8-11(9-10)5-6-12/h10,12H,2-9H2,1H3. The number of hydrogen-bond acceptors (Lipinski definition) is 3. The first kappa shape index (κ1) is 11.0. The van der Waals surface area contributed by atoms with Crippen LogP contribution in [0.3, 0.4) is 0 Å². The van der Waals surface area contributed by atoms with E-state index < -0.39 is 0 Å². The van der Waals surface area contributed by atoms with E-state index >= 15 is 0 Å². The molecule has 0 radical (unpaired) electrons. The van der Waals surface area contributed by atoms with Crippen LogP contribution in [0.5, 0.6) is 0 Å². The van der Waals surface area contributed by atoms with E-state index in [1.807, 2.05) is 0 Å². The second-order valence-corrected chi connectivity index (χ2v) is 3.84. The molecule has 0 saturated carbocycles. The van der Waals surface area contributed by atoms with Gasteiger partial charge in [0.05, 0.1) is 6.61 Å². The van der Waals surface area contributed by atoms with Crippen LogP contribution in [0.1, 0.15) is 19.3 Å². The van der Waals surface area contributed by atoms with Crippen LogP contribution in [0.25, 0.3) is 0 Å². The smallest absolute Gasteiger partial charge is 0.0558 e. The minimum atomic E-state index is 0.302. The highest BCUT2D eigenvalue weighted by molar-refractivity contribution is 4.78. The van der Waals surface area contributed by atoms with E-state index in [0.717, 1.165) is 19.1 Å². The number of unbranched alkanes of at least 4 members (excludes halogenated alkanes) is 1. The van der Waals surface area contributed by atoms with Crippen LogP contribution >= 0.6 is 0 Å². The van der Waals surface area contributed by atoms with Crippen LogP contribution in [0.4, 0.5) is 0 Å². The van der Waals surface area contributed by atoms with Crippen molar-refractivity contribution in [1.82, 2.24) is 4.90 Å². The number of ether oxygens (including phenoxy) is 1. The molecule has 13 heavy (non-hydrogen) atoms. The molecule has 0 aliphatic carbocycles.